The first-order valence-electron chi connectivity index (χ1n) is 3.02. The zero-order chi connectivity index (χ0) is 7.28. The van der Waals surface area contributed by atoms with Crippen molar-refractivity contribution in [3.8, 4) is 0 Å². The van der Waals surface area contributed by atoms with Crippen molar-refractivity contribution in [3.63, 3.8) is 0 Å². The molecule has 0 heterocycles. The lowest BCUT2D eigenvalue weighted by Gasteiger charge is -1.95. The third-order valence-corrected chi connectivity index (χ3v) is 1.66. The average Bonchev–Trinajstić information content (AvgIpc) is 1.82. The van der Waals surface area contributed by atoms with Gasteiger partial charge < -0.3 is 0 Å². The number of rotatable bonds is 3. The van der Waals surface area contributed by atoms with Crippen molar-refractivity contribution in [2.45, 2.75) is 26.7 Å². The molecule has 0 saturated carbocycles. The van der Waals surface area contributed by atoms with E-state index in [1.54, 1.807) is 11.9 Å². The molecule has 0 aromatic carbocycles. The van der Waals surface area contributed by atoms with Crippen molar-refractivity contribution in [3.05, 3.63) is 10.6 Å². The van der Waals surface area contributed by atoms with Crippen LogP contribution in [0.25, 0.3) is 0 Å². The Labute approximate surface area is 64.3 Å². The fourth-order valence-corrected chi connectivity index (χ4v) is 1.13. The Bertz CT molecular complexity index is 127. The predicted octanol–water partition coefficient (Wildman–Crippen LogP) is 2.65. The zero-order valence-corrected chi connectivity index (χ0v) is 7.36. The molecule has 0 aliphatic rings. The van der Waals surface area contributed by atoms with Crippen LogP contribution in [0.5, 0.6) is 0 Å². The minimum atomic E-state index is 0.161. The van der Waals surface area contributed by atoms with E-state index in [9.17, 15) is 4.79 Å². The molecule has 0 aromatic heterocycles. The number of hydrogen-bond donors (Lipinski definition) is 0. The second kappa shape index (κ2) is 4.74. The van der Waals surface area contributed by atoms with E-state index in [0.717, 1.165) is 18.4 Å². The van der Waals surface area contributed by atoms with Crippen LogP contribution in [0.15, 0.2) is 10.6 Å². The summed E-state index contributed by atoms with van der Waals surface area (Å²) >= 11 is 3.13. The van der Waals surface area contributed by atoms with Gasteiger partial charge in [-0.25, -0.2) is 0 Å². The van der Waals surface area contributed by atoms with E-state index < -0.39 is 0 Å². The third kappa shape index (κ3) is 3.46. The van der Waals surface area contributed by atoms with Gasteiger partial charge >= 0.3 is 0 Å². The van der Waals surface area contributed by atoms with Crippen molar-refractivity contribution < 1.29 is 4.79 Å². The molecule has 0 aliphatic heterocycles. The normalized spacial score (nSPS) is 11.7. The molecule has 0 bridgehead atoms. The molecule has 0 radical (unpaired) electrons. The highest BCUT2D eigenvalue weighted by Gasteiger charge is 1.98. The number of carbonyl (C=O) groups excluding carboxylic acids is 1. The van der Waals surface area contributed by atoms with Gasteiger partial charge in [-0.05, 0) is 18.3 Å². The molecule has 0 saturated heterocycles. The number of halogens is 1. The summed E-state index contributed by atoms with van der Waals surface area (Å²) < 4.78 is 0. The fraction of sp³-hybridized carbons (Fsp3) is 0.571. The molecular formula is C7H11BrO. The van der Waals surface area contributed by atoms with Crippen molar-refractivity contribution in [1.29, 1.82) is 0 Å². The van der Waals surface area contributed by atoms with Gasteiger partial charge in [-0.2, -0.15) is 0 Å². The van der Waals surface area contributed by atoms with Crippen LogP contribution in [0.4, 0.5) is 0 Å². The number of hydrogen-bond acceptors (Lipinski definition) is 1. The van der Waals surface area contributed by atoms with Gasteiger partial charge in [-0.1, -0.05) is 29.3 Å². The minimum absolute atomic E-state index is 0.161. The van der Waals surface area contributed by atoms with Gasteiger partial charge in [-0.3, -0.25) is 4.79 Å². The highest BCUT2D eigenvalue weighted by molar-refractivity contribution is 9.11. The predicted molar refractivity (Wildman–Crippen MR) is 42.6 cm³/mol. The summed E-state index contributed by atoms with van der Waals surface area (Å²) in [6, 6.07) is 0. The van der Waals surface area contributed by atoms with Crippen molar-refractivity contribution >= 4 is 21.7 Å². The molecule has 9 heavy (non-hydrogen) atoms. The minimum Gasteiger partial charge on any atom is -0.295 e. The molecule has 0 amide bonds. The van der Waals surface area contributed by atoms with E-state index in [0.29, 0.717) is 0 Å². The molecule has 1 nitrogen and oxygen atoms in total. The third-order valence-electron chi connectivity index (χ3n) is 1.10. The highest BCUT2D eigenvalue weighted by atomic mass is 79.9. The van der Waals surface area contributed by atoms with Gasteiger partial charge in [-0.15, -0.1) is 0 Å². The van der Waals surface area contributed by atoms with Gasteiger partial charge in [0, 0.05) is 5.57 Å². The highest BCUT2D eigenvalue weighted by Crippen LogP contribution is 2.07. The summed E-state index contributed by atoms with van der Waals surface area (Å²) in [6.07, 6.45) is 1.90. The number of allylic oxidation sites excluding steroid dienone is 1. The van der Waals surface area contributed by atoms with E-state index in [1.807, 2.05) is 0 Å². The molecule has 0 unspecified atom stereocenters. The largest absolute Gasteiger partial charge is 0.295 e. The van der Waals surface area contributed by atoms with Crippen LogP contribution in [-0.4, -0.2) is 5.78 Å². The summed E-state index contributed by atoms with van der Waals surface area (Å²) in [4.78, 5) is 12.4. The van der Waals surface area contributed by atoms with Crippen molar-refractivity contribution in [2.75, 3.05) is 0 Å². The Morgan fingerprint density at radius 3 is 2.33 bits per heavy atom. The first-order chi connectivity index (χ1) is 4.22. The van der Waals surface area contributed by atoms with Gasteiger partial charge in [0.25, 0.3) is 0 Å². The van der Waals surface area contributed by atoms with E-state index in [1.165, 1.54) is 0 Å². The Morgan fingerprint density at radius 2 is 2.22 bits per heavy atom. The Morgan fingerprint density at radius 1 is 1.67 bits per heavy atom. The lowest BCUT2D eigenvalue weighted by atomic mass is 10.1. The number of Topliss-reactive ketones (excluding diaryl/α,β-unsaturated/α-hetero) is 1. The number of carbonyl (C=O) groups is 1. The SMILES string of the molecule is CCCC(=CBr)C(C)=O. The van der Waals surface area contributed by atoms with Crippen LogP contribution in [0.2, 0.25) is 0 Å². The van der Waals surface area contributed by atoms with Crippen molar-refractivity contribution in [1.82, 2.24) is 0 Å². The molecule has 2 heteroatoms. The van der Waals surface area contributed by atoms with Crippen LogP contribution in [0.1, 0.15) is 26.7 Å². The summed E-state index contributed by atoms with van der Waals surface area (Å²) in [7, 11) is 0. The summed E-state index contributed by atoms with van der Waals surface area (Å²) in [5.41, 5.74) is 0.873. The Hall–Kier alpha value is -0.110. The van der Waals surface area contributed by atoms with Gasteiger partial charge in [0.05, 0.1) is 0 Å². The van der Waals surface area contributed by atoms with E-state index in [4.69, 9.17) is 0 Å². The Balaban J connectivity index is 3.85. The van der Waals surface area contributed by atoms with E-state index >= 15 is 0 Å². The average molecular weight is 191 g/mol. The molecule has 0 aromatic rings. The number of ketones is 1. The van der Waals surface area contributed by atoms with Crippen LogP contribution in [-0.2, 0) is 4.79 Å². The Kier molecular flexibility index (Phi) is 4.68. The molecule has 0 aliphatic carbocycles. The first kappa shape index (κ1) is 8.89. The fourth-order valence-electron chi connectivity index (χ4n) is 0.577. The zero-order valence-electron chi connectivity index (χ0n) is 5.78. The molecule has 0 atom stereocenters. The smallest absolute Gasteiger partial charge is 0.156 e. The van der Waals surface area contributed by atoms with Crippen molar-refractivity contribution in [2.24, 2.45) is 0 Å². The second-order valence-electron chi connectivity index (χ2n) is 1.94. The first-order valence-corrected chi connectivity index (χ1v) is 3.94. The topological polar surface area (TPSA) is 17.1 Å². The van der Waals surface area contributed by atoms with Crippen LogP contribution in [0.3, 0.4) is 0 Å². The molecule has 0 N–H and O–H groups in total. The standard InChI is InChI=1S/C7H11BrO/c1-3-4-7(5-8)6(2)9/h5H,3-4H2,1-2H3. The second-order valence-corrected chi connectivity index (χ2v) is 2.40. The quantitative estimate of drug-likeness (QED) is 0.626. The summed E-state index contributed by atoms with van der Waals surface area (Å²) in [6.45, 7) is 3.64. The molecule has 0 rings (SSSR count). The molecular weight excluding hydrogens is 180 g/mol. The molecule has 0 fully saturated rings. The molecule has 0 spiro atoms. The van der Waals surface area contributed by atoms with E-state index in [-0.39, 0.29) is 5.78 Å². The monoisotopic (exact) mass is 190 g/mol. The van der Waals surface area contributed by atoms with Gasteiger partial charge in [0.1, 0.15) is 0 Å². The maximum Gasteiger partial charge on any atom is 0.156 e. The van der Waals surface area contributed by atoms with Crippen LogP contribution >= 0.6 is 15.9 Å². The van der Waals surface area contributed by atoms with Gasteiger partial charge in [0.15, 0.2) is 5.78 Å². The van der Waals surface area contributed by atoms with Crippen LogP contribution < -0.4 is 0 Å². The van der Waals surface area contributed by atoms with E-state index in [2.05, 4.69) is 22.9 Å². The summed E-state index contributed by atoms with van der Waals surface area (Å²) in [5, 5.41) is 0. The maximum atomic E-state index is 10.7. The lowest BCUT2D eigenvalue weighted by Crippen LogP contribution is -1.94. The maximum absolute atomic E-state index is 10.7. The van der Waals surface area contributed by atoms with Gasteiger partial charge in [0.2, 0.25) is 0 Å². The van der Waals surface area contributed by atoms with Crippen LogP contribution in [0, 0.1) is 0 Å². The summed E-state index contributed by atoms with van der Waals surface area (Å²) in [5.74, 6) is 0.161. The molecule has 52 valence electrons. The lowest BCUT2D eigenvalue weighted by molar-refractivity contribution is -0.113.